The van der Waals surface area contributed by atoms with Gasteiger partial charge in [0.25, 0.3) is 5.56 Å². The number of aryl methyl sites for hydroxylation is 4. The zero-order chi connectivity index (χ0) is 21.1. The van der Waals surface area contributed by atoms with E-state index in [9.17, 15) is 4.79 Å². The molecule has 0 saturated carbocycles. The summed E-state index contributed by atoms with van der Waals surface area (Å²) in [6.45, 7) is 7.54. The van der Waals surface area contributed by atoms with Crippen LogP contribution in [0.25, 0.3) is 21.3 Å². The first kappa shape index (κ1) is 20.4. The predicted molar refractivity (Wildman–Crippen MR) is 125 cm³/mol. The Kier molecular flexibility index (Phi) is 6.00. The fourth-order valence-corrected chi connectivity index (χ4v) is 4.36. The molecule has 0 aliphatic carbocycles. The van der Waals surface area contributed by atoms with Gasteiger partial charge in [0.15, 0.2) is 0 Å². The topological polar surface area (TPSA) is 44.1 Å². The number of benzene rings is 2. The van der Waals surface area contributed by atoms with Crippen molar-refractivity contribution in [2.75, 3.05) is 6.61 Å². The number of hydrogen-bond acceptors (Lipinski definition) is 4. The van der Waals surface area contributed by atoms with Crippen molar-refractivity contribution in [2.45, 2.75) is 40.2 Å². The van der Waals surface area contributed by atoms with E-state index < -0.39 is 0 Å². The van der Waals surface area contributed by atoms with E-state index in [1.807, 2.05) is 29.6 Å². The third-order valence-corrected chi connectivity index (χ3v) is 6.35. The normalized spacial score (nSPS) is 11.2. The highest BCUT2D eigenvalue weighted by Gasteiger charge is 2.13. The van der Waals surface area contributed by atoms with Crippen LogP contribution in [0.3, 0.4) is 0 Å². The molecule has 0 spiro atoms. The molecule has 0 saturated heterocycles. The smallest absolute Gasteiger partial charge is 0.262 e. The van der Waals surface area contributed by atoms with Gasteiger partial charge in [0.05, 0.1) is 18.3 Å². The Morgan fingerprint density at radius 1 is 1.00 bits per heavy atom. The Hall–Kier alpha value is -2.92. The van der Waals surface area contributed by atoms with Crippen molar-refractivity contribution in [3.8, 4) is 16.9 Å². The van der Waals surface area contributed by atoms with Gasteiger partial charge in [-0.15, -0.1) is 11.3 Å². The van der Waals surface area contributed by atoms with Crippen molar-refractivity contribution in [1.29, 1.82) is 0 Å². The minimum atomic E-state index is 0.0360. The monoisotopic (exact) mass is 418 g/mol. The molecule has 2 aromatic heterocycles. The Bertz CT molecular complexity index is 1220. The van der Waals surface area contributed by atoms with Gasteiger partial charge < -0.3 is 4.74 Å². The molecule has 0 atom stereocenters. The second-order valence-corrected chi connectivity index (χ2v) is 8.60. The van der Waals surface area contributed by atoms with Crippen LogP contribution in [-0.2, 0) is 6.54 Å². The van der Waals surface area contributed by atoms with Gasteiger partial charge >= 0.3 is 0 Å². The molecule has 0 aliphatic rings. The number of aromatic nitrogens is 2. The van der Waals surface area contributed by atoms with Gasteiger partial charge in [-0.1, -0.05) is 35.9 Å². The summed E-state index contributed by atoms with van der Waals surface area (Å²) in [5.74, 6) is 0.886. The Morgan fingerprint density at radius 3 is 2.57 bits per heavy atom. The highest BCUT2D eigenvalue weighted by Crippen LogP contribution is 2.31. The average molecular weight is 419 g/mol. The molecule has 4 nitrogen and oxygen atoms in total. The van der Waals surface area contributed by atoms with Crippen LogP contribution in [0.2, 0.25) is 0 Å². The van der Waals surface area contributed by atoms with Crippen molar-refractivity contribution in [2.24, 2.45) is 0 Å². The number of nitrogens with zero attached hydrogens (tertiary/aromatic N) is 2. The van der Waals surface area contributed by atoms with Crippen molar-refractivity contribution in [1.82, 2.24) is 9.55 Å². The summed E-state index contributed by atoms with van der Waals surface area (Å²) in [5, 5.41) is 2.77. The van der Waals surface area contributed by atoms with E-state index in [-0.39, 0.29) is 5.56 Å². The molecule has 0 bridgehead atoms. The summed E-state index contributed by atoms with van der Waals surface area (Å²) in [7, 11) is 0. The zero-order valence-corrected chi connectivity index (χ0v) is 18.5. The molecular weight excluding hydrogens is 392 g/mol. The van der Waals surface area contributed by atoms with E-state index in [1.54, 1.807) is 10.9 Å². The van der Waals surface area contributed by atoms with E-state index in [0.29, 0.717) is 13.2 Å². The van der Waals surface area contributed by atoms with Gasteiger partial charge in [-0.3, -0.25) is 9.36 Å². The predicted octanol–water partition coefficient (Wildman–Crippen LogP) is 5.91. The first-order valence-electron chi connectivity index (χ1n) is 10.3. The summed E-state index contributed by atoms with van der Waals surface area (Å²) in [6, 6.07) is 14.4. The lowest BCUT2D eigenvalue weighted by Crippen LogP contribution is -2.20. The van der Waals surface area contributed by atoms with Crippen LogP contribution in [0.15, 0.2) is 59.0 Å². The molecule has 2 aromatic carbocycles. The molecule has 2 heterocycles. The second-order valence-electron chi connectivity index (χ2n) is 7.74. The first-order valence-corrected chi connectivity index (χ1v) is 11.1. The van der Waals surface area contributed by atoms with Crippen molar-refractivity contribution < 1.29 is 4.74 Å². The summed E-state index contributed by atoms with van der Waals surface area (Å²) in [6.07, 6.45) is 3.42. The summed E-state index contributed by atoms with van der Waals surface area (Å²) in [5.41, 5.74) is 5.79. The maximum absolute atomic E-state index is 13.2. The SMILES string of the molecule is Cc1ccc(OCCCCn2cnc3scc(-c4ccc(C)c(C)c4)c3c2=O)cc1. The van der Waals surface area contributed by atoms with Crippen molar-refractivity contribution in [3.05, 3.63) is 81.2 Å². The molecule has 5 heteroatoms. The summed E-state index contributed by atoms with van der Waals surface area (Å²) < 4.78 is 7.51. The van der Waals surface area contributed by atoms with Gasteiger partial charge in [-0.05, 0) is 62.4 Å². The molecule has 0 aliphatic heterocycles. The Balaban J connectivity index is 1.46. The largest absolute Gasteiger partial charge is 0.494 e. The van der Waals surface area contributed by atoms with Crippen molar-refractivity contribution in [3.63, 3.8) is 0 Å². The van der Waals surface area contributed by atoms with Crippen LogP contribution in [0.1, 0.15) is 29.5 Å². The summed E-state index contributed by atoms with van der Waals surface area (Å²) >= 11 is 1.53. The number of fused-ring (bicyclic) bond motifs is 1. The van der Waals surface area contributed by atoms with Crippen LogP contribution < -0.4 is 10.3 Å². The van der Waals surface area contributed by atoms with Crippen LogP contribution in [0.5, 0.6) is 5.75 Å². The van der Waals surface area contributed by atoms with E-state index in [1.165, 1.54) is 28.0 Å². The van der Waals surface area contributed by atoms with Gasteiger partial charge in [0, 0.05) is 17.5 Å². The van der Waals surface area contributed by atoms with Crippen LogP contribution in [0.4, 0.5) is 0 Å². The number of ether oxygens (including phenoxy) is 1. The van der Waals surface area contributed by atoms with E-state index in [2.05, 4.69) is 44.0 Å². The minimum absolute atomic E-state index is 0.0360. The van der Waals surface area contributed by atoms with Crippen LogP contribution in [0, 0.1) is 20.8 Å². The highest BCUT2D eigenvalue weighted by molar-refractivity contribution is 7.17. The fourth-order valence-electron chi connectivity index (χ4n) is 3.46. The summed E-state index contributed by atoms with van der Waals surface area (Å²) in [4.78, 5) is 18.5. The molecule has 4 rings (SSSR count). The third kappa shape index (κ3) is 4.31. The molecule has 0 unspecified atom stereocenters. The second kappa shape index (κ2) is 8.84. The van der Waals surface area contributed by atoms with Gasteiger partial charge in [0.2, 0.25) is 0 Å². The fraction of sp³-hybridized carbons (Fsp3) is 0.280. The molecule has 0 N–H and O–H groups in total. The Labute approximate surface area is 180 Å². The lowest BCUT2D eigenvalue weighted by atomic mass is 10.0. The minimum Gasteiger partial charge on any atom is -0.494 e. The number of rotatable bonds is 7. The number of thiophene rings is 1. The first-order chi connectivity index (χ1) is 14.5. The third-order valence-electron chi connectivity index (χ3n) is 5.46. The molecule has 30 heavy (non-hydrogen) atoms. The number of unbranched alkanes of at least 4 members (excludes halogenated alkanes) is 1. The lowest BCUT2D eigenvalue weighted by molar-refractivity contribution is 0.303. The number of hydrogen-bond donors (Lipinski definition) is 0. The van der Waals surface area contributed by atoms with Crippen LogP contribution >= 0.6 is 11.3 Å². The zero-order valence-electron chi connectivity index (χ0n) is 17.6. The van der Waals surface area contributed by atoms with Crippen LogP contribution in [-0.4, -0.2) is 16.2 Å². The standard InChI is InChI=1S/C25H26N2O2S/c1-17-6-10-21(11-7-17)29-13-5-4-12-27-16-26-24-23(25(27)28)22(15-30-24)20-9-8-18(2)19(3)14-20/h6-11,14-16H,4-5,12-13H2,1-3H3. The van der Waals surface area contributed by atoms with Crippen molar-refractivity contribution >= 4 is 21.6 Å². The van der Waals surface area contributed by atoms with E-state index in [4.69, 9.17) is 4.74 Å². The Morgan fingerprint density at radius 2 is 1.80 bits per heavy atom. The lowest BCUT2D eigenvalue weighted by Gasteiger charge is -2.08. The van der Waals surface area contributed by atoms with E-state index in [0.717, 1.165) is 39.9 Å². The molecule has 154 valence electrons. The van der Waals surface area contributed by atoms with Gasteiger partial charge in [-0.25, -0.2) is 4.98 Å². The van der Waals surface area contributed by atoms with Gasteiger partial charge in [-0.2, -0.15) is 0 Å². The quantitative estimate of drug-likeness (QED) is 0.351. The molecule has 0 fully saturated rings. The van der Waals surface area contributed by atoms with E-state index >= 15 is 0 Å². The molecular formula is C25H26N2O2S. The maximum Gasteiger partial charge on any atom is 0.262 e. The maximum atomic E-state index is 13.2. The molecule has 4 aromatic rings. The van der Waals surface area contributed by atoms with Gasteiger partial charge in [0.1, 0.15) is 10.6 Å². The highest BCUT2D eigenvalue weighted by atomic mass is 32.1. The molecule has 0 amide bonds. The molecule has 0 radical (unpaired) electrons. The average Bonchev–Trinajstić information content (AvgIpc) is 3.18.